The van der Waals surface area contributed by atoms with E-state index in [0.29, 0.717) is 33.9 Å². The maximum atomic E-state index is 13.0. The van der Waals surface area contributed by atoms with E-state index in [4.69, 9.17) is 23.7 Å². The summed E-state index contributed by atoms with van der Waals surface area (Å²) in [6.45, 7) is -0.163. The molecule has 0 saturated heterocycles. The van der Waals surface area contributed by atoms with E-state index in [1.165, 1.54) is 14.2 Å². The minimum Gasteiger partial charge on any atom is -0.486 e. The Morgan fingerprint density at radius 3 is 1.85 bits per heavy atom. The van der Waals surface area contributed by atoms with Crippen LogP contribution in [0.2, 0.25) is 0 Å². The summed E-state index contributed by atoms with van der Waals surface area (Å²) in [5.74, 6) is 0.796. The van der Waals surface area contributed by atoms with E-state index in [1.807, 2.05) is 36.4 Å². The van der Waals surface area contributed by atoms with Crippen molar-refractivity contribution in [3.8, 4) is 28.7 Å². The van der Waals surface area contributed by atoms with Gasteiger partial charge < -0.3 is 28.7 Å². The van der Waals surface area contributed by atoms with Gasteiger partial charge in [0, 0.05) is 10.9 Å². The van der Waals surface area contributed by atoms with E-state index in [2.05, 4.69) is 4.98 Å². The molecular formula is C32H25NO8. The Morgan fingerprint density at radius 1 is 0.659 bits per heavy atom. The first-order valence-corrected chi connectivity index (χ1v) is 12.5. The zero-order valence-electron chi connectivity index (χ0n) is 22.2. The molecule has 0 aliphatic carbocycles. The van der Waals surface area contributed by atoms with Gasteiger partial charge in [-0.15, -0.1) is 0 Å². The lowest BCUT2D eigenvalue weighted by atomic mass is 10.1. The predicted molar refractivity (Wildman–Crippen MR) is 151 cm³/mol. The number of aromatic amines is 1. The number of fused-ring (bicyclic) bond motifs is 1. The SMILES string of the molecule is COC(=O)c1ccc(Oc2ccccc2)cc1COc1c(C(=O)OC)[nH]c(=O)c2cc(Oc3ccccc3)ccc12. The second kappa shape index (κ2) is 12.1. The molecule has 5 aromatic rings. The van der Waals surface area contributed by atoms with Gasteiger partial charge in [0.2, 0.25) is 0 Å². The lowest BCUT2D eigenvalue weighted by molar-refractivity contribution is 0.0579. The minimum absolute atomic E-state index is 0.0721. The lowest BCUT2D eigenvalue weighted by Gasteiger charge is -2.16. The smallest absolute Gasteiger partial charge is 0.358 e. The van der Waals surface area contributed by atoms with Crippen molar-refractivity contribution < 1.29 is 33.3 Å². The largest absolute Gasteiger partial charge is 0.486 e. The molecular weight excluding hydrogens is 526 g/mol. The van der Waals surface area contributed by atoms with Crippen LogP contribution in [0.1, 0.15) is 26.4 Å². The van der Waals surface area contributed by atoms with Gasteiger partial charge in [-0.3, -0.25) is 4.79 Å². The maximum Gasteiger partial charge on any atom is 0.358 e. The van der Waals surface area contributed by atoms with E-state index < -0.39 is 17.5 Å². The van der Waals surface area contributed by atoms with Crippen LogP contribution in [0, 0.1) is 0 Å². The number of rotatable bonds is 9. The van der Waals surface area contributed by atoms with Crippen molar-refractivity contribution in [1.29, 1.82) is 0 Å². The summed E-state index contributed by atoms with van der Waals surface area (Å²) in [5.41, 5.74) is -0.0120. The average Bonchev–Trinajstić information content (AvgIpc) is 3.01. The molecule has 0 aliphatic rings. The van der Waals surface area contributed by atoms with Crippen molar-refractivity contribution in [3.05, 3.63) is 124 Å². The molecule has 0 spiro atoms. The Morgan fingerprint density at radius 2 is 1.24 bits per heavy atom. The van der Waals surface area contributed by atoms with Gasteiger partial charge in [-0.05, 0) is 60.7 Å². The third-order valence-electron chi connectivity index (χ3n) is 6.15. The van der Waals surface area contributed by atoms with Crippen molar-refractivity contribution in [2.75, 3.05) is 14.2 Å². The van der Waals surface area contributed by atoms with Gasteiger partial charge in [0.05, 0.1) is 25.2 Å². The molecule has 9 heteroatoms. The number of hydrogen-bond donors (Lipinski definition) is 1. The van der Waals surface area contributed by atoms with Gasteiger partial charge >= 0.3 is 11.9 Å². The van der Waals surface area contributed by atoms with Gasteiger partial charge in [-0.2, -0.15) is 0 Å². The maximum absolute atomic E-state index is 13.0. The van der Waals surface area contributed by atoms with Crippen LogP contribution in [0.5, 0.6) is 28.7 Å². The number of aromatic nitrogens is 1. The molecule has 1 N–H and O–H groups in total. The number of H-pyrrole nitrogens is 1. The van der Waals surface area contributed by atoms with E-state index in [9.17, 15) is 14.4 Å². The standard InChI is InChI=1S/C32H25NO8/c1-37-31(35)25-15-13-23(40-21-9-5-3-6-10-21)17-20(25)19-39-29-26-16-14-24(41-22-11-7-4-8-12-22)18-27(26)30(34)33-28(29)32(36)38-2/h3-18H,19H2,1-2H3,(H,33,34). The number of methoxy groups -OCH3 is 2. The summed E-state index contributed by atoms with van der Waals surface area (Å²) in [7, 11) is 2.48. The van der Waals surface area contributed by atoms with Crippen LogP contribution in [0.4, 0.5) is 0 Å². The Hall–Kier alpha value is -5.57. The molecule has 1 aromatic heterocycles. The number of ether oxygens (including phenoxy) is 5. The van der Waals surface area contributed by atoms with Gasteiger partial charge in [0.1, 0.15) is 29.6 Å². The van der Waals surface area contributed by atoms with Crippen molar-refractivity contribution in [2.24, 2.45) is 0 Å². The highest BCUT2D eigenvalue weighted by molar-refractivity contribution is 5.99. The van der Waals surface area contributed by atoms with Crippen molar-refractivity contribution in [2.45, 2.75) is 6.61 Å². The fraction of sp³-hybridized carbons (Fsp3) is 0.0938. The van der Waals surface area contributed by atoms with Crippen molar-refractivity contribution >= 4 is 22.7 Å². The molecule has 4 aromatic carbocycles. The molecule has 0 unspecified atom stereocenters. The second-order valence-corrected chi connectivity index (χ2v) is 8.79. The molecule has 5 rings (SSSR count). The Kier molecular flexibility index (Phi) is 7.96. The van der Waals surface area contributed by atoms with Crippen LogP contribution >= 0.6 is 0 Å². The zero-order valence-corrected chi connectivity index (χ0v) is 22.2. The molecule has 0 radical (unpaired) electrons. The molecule has 41 heavy (non-hydrogen) atoms. The lowest BCUT2D eigenvalue weighted by Crippen LogP contribution is -2.17. The summed E-state index contributed by atoms with van der Waals surface area (Å²) >= 11 is 0. The summed E-state index contributed by atoms with van der Waals surface area (Å²) in [6, 6.07) is 28.0. The van der Waals surface area contributed by atoms with Gasteiger partial charge in [-0.1, -0.05) is 36.4 Å². The number of hydrogen-bond acceptors (Lipinski definition) is 8. The highest BCUT2D eigenvalue weighted by Gasteiger charge is 2.22. The van der Waals surface area contributed by atoms with E-state index in [1.54, 1.807) is 60.7 Å². The first-order valence-electron chi connectivity index (χ1n) is 12.5. The topological polar surface area (TPSA) is 113 Å². The number of para-hydroxylation sites is 2. The number of carbonyl (C=O) groups is 2. The summed E-state index contributed by atoms with van der Waals surface area (Å²) in [4.78, 5) is 40.7. The van der Waals surface area contributed by atoms with Crippen LogP contribution in [0.15, 0.2) is 102 Å². The third-order valence-corrected chi connectivity index (χ3v) is 6.15. The molecule has 206 valence electrons. The number of esters is 2. The second-order valence-electron chi connectivity index (χ2n) is 8.79. The molecule has 0 aliphatic heterocycles. The predicted octanol–water partition coefficient (Wildman–Crippen LogP) is 6.26. The Labute approximate surface area is 234 Å². The van der Waals surface area contributed by atoms with Crippen molar-refractivity contribution in [3.63, 3.8) is 0 Å². The quantitative estimate of drug-likeness (QED) is 0.214. The fourth-order valence-electron chi connectivity index (χ4n) is 4.20. The molecule has 0 saturated carbocycles. The molecule has 1 heterocycles. The monoisotopic (exact) mass is 551 g/mol. The normalized spacial score (nSPS) is 10.6. The molecule has 9 nitrogen and oxygen atoms in total. The number of nitrogens with one attached hydrogen (secondary N) is 1. The zero-order chi connectivity index (χ0) is 28.8. The number of pyridine rings is 1. The first kappa shape index (κ1) is 27.0. The molecule has 0 atom stereocenters. The van der Waals surface area contributed by atoms with Gasteiger partial charge in [0.15, 0.2) is 11.4 Å². The molecule has 0 fully saturated rings. The molecule has 0 bridgehead atoms. The van der Waals surface area contributed by atoms with E-state index in [0.717, 1.165) is 0 Å². The van der Waals surface area contributed by atoms with Crippen molar-refractivity contribution in [1.82, 2.24) is 4.98 Å². The molecule has 0 amide bonds. The van der Waals surface area contributed by atoms with Gasteiger partial charge in [0.25, 0.3) is 5.56 Å². The summed E-state index contributed by atoms with van der Waals surface area (Å²) in [5, 5.41) is 0.585. The average molecular weight is 552 g/mol. The van der Waals surface area contributed by atoms with E-state index in [-0.39, 0.29) is 29.0 Å². The van der Waals surface area contributed by atoms with Crippen LogP contribution in [-0.2, 0) is 16.1 Å². The first-order chi connectivity index (χ1) is 20.0. The fourth-order valence-corrected chi connectivity index (χ4v) is 4.20. The van der Waals surface area contributed by atoms with Crippen LogP contribution in [-0.4, -0.2) is 31.1 Å². The Balaban J connectivity index is 1.53. The van der Waals surface area contributed by atoms with Crippen LogP contribution in [0.25, 0.3) is 10.8 Å². The number of benzene rings is 4. The summed E-state index contributed by atoms with van der Waals surface area (Å²) < 4.78 is 27.8. The summed E-state index contributed by atoms with van der Waals surface area (Å²) in [6.07, 6.45) is 0. The highest BCUT2D eigenvalue weighted by Crippen LogP contribution is 2.33. The Bertz CT molecular complexity index is 1760. The number of carbonyl (C=O) groups excluding carboxylic acids is 2. The minimum atomic E-state index is -0.794. The van der Waals surface area contributed by atoms with Gasteiger partial charge in [-0.25, -0.2) is 9.59 Å². The van der Waals surface area contributed by atoms with E-state index >= 15 is 0 Å². The van der Waals surface area contributed by atoms with Crippen LogP contribution in [0.3, 0.4) is 0 Å². The van der Waals surface area contributed by atoms with Crippen LogP contribution < -0.4 is 19.8 Å². The third kappa shape index (κ3) is 6.04. The highest BCUT2D eigenvalue weighted by atomic mass is 16.5.